The number of nitrogens with one attached hydrogen (secondary N) is 2. The third-order valence-electron chi connectivity index (χ3n) is 6.54. The molecule has 1 aromatic heterocycles. The van der Waals surface area contributed by atoms with E-state index in [0.29, 0.717) is 37.3 Å². The Morgan fingerprint density at radius 1 is 1.13 bits per heavy atom. The number of hydrogen-bond acceptors (Lipinski definition) is 4. The van der Waals surface area contributed by atoms with Crippen LogP contribution in [-0.2, 0) is 28.9 Å². The molecule has 1 aliphatic carbocycles. The quantitative estimate of drug-likeness (QED) is 0.337. The highest BCUT2D eigenvalue weighted by Gasteiger charge is 2.37. The summed E-state index contributed by atoms with van der Waals surface area (Å²) in [6, 6.07) is 6.89. The molecule has 208 valence electrons. The van der Waals surface area contributed by atoms with Crippen molar-refractivity contribution < 1.29 is 31.5 Å². The molecule has 2 aromatic carbocycles. The number of amides is 1. The molecule has 39 heavy (non-hydrogen) atoms. The maximum atomic E-state index is 15.4. The van der Waals surface area contributed by atoms with Gasteiger partial charge in [-0.1, -0.05) is 17.7 Å². The standard InChI is InChI=1S/C27H25ClF5N3O3/c1-14-8-22(37)36-25(35-14)23-21(27(31,32)33)7-4-17(24(23)30)12-34-26(38)16-2-5-20(6-3-16)39-13-15-9-18(28)11-19(29)10-15/h4,7-11,16,20H,2-3,5-6,12-13H2,1H3,(H,34,38)(H,35,36,37). The minimum Gasteiger partial charge on any atom is -0.374 e. The van der Waals surface area contributed by atoms with Crippen LogP contribution in [0.3, 0.4) is 0 Å². The SMILES string of the molecule is Cc1cc(=O)[nH]c(-c2c(C(F)(F)F)ccc(CNC(=O)C3CCC(OCc4cc(F)cc(Cl)c4)CC3)c2F)n1. The van der Waals surface area contributed by atoms with Crippen molar-refractivity contribution in [2.24, 2.45) is 5.92 Å². The zero-order chi connectivity index (χ0) is 28.3. The first-order valence-corrected chi connectivity index (χ1v) is 12.6. The molecule has 0 radical (unpaired) electrons. The lowest BCUT2D eigenvalue weighted by Crippen LogP contribution is -2.34. The summed E-state index contributed by atoms with van der Waals surface area (Å²) >= 11 is 5.86. The summed E-state index contributed by atoms with van der Waals surface area (Å²) in [7, 11) is 0. The summed E-state index contributed by atoms with van der Waals surface area (Å²) in [5, 5.41) is 2.88. The van der Waals surface area contributed by atoms with Gasteiger partial charge in [-0.05, 0) is 62.4 Å². The normalized spacial score (nSPS) is 17.7. The third-order valence-corrected chi connectivity index (χ3v) is 6.76. The number of carbonyl (C=O) groups excluding carboxylic acids is 1. The highest BCUT2D eigenvalue weighted by molar-refractivity contribution is 6.30. The summed E-state index contributed by atoms with van der Waals surface area (Å²) in [5.41, 5.74) is -2.35. The number of H-pyrrole nitrogens is 1. The molecule has 3 aromatic rings. The van der Waals surface area contributed by atoms with Crippen LogP contribution in [0.5, 0.6) is 0 Å². The van der Waals surface area contributed by atoms with E-state index in [9.17, 15) is 27.2 Å². The summed E-state index contributed by atoms with van der Waals surface area (Å²) in [6.45, 7) is 1.24. The molecule has 12 heteroatoms. The monoisotopic (exact) mass is 569 g/mol. The molecule has 0 atom stereocenters. The highest BCUT2D eigenvalue weighted by Crippen LogP contribution is 2.38. The van der Waals surface area contributed by atoms with Crippen LogP contribution in [-0.4, -0.2) is 22.0 Å². The number of carbonyl (C=O) groups is 1. The maximum absolute atomic E-state index is 15.4. The van der Waals surface area contributed by atoms with E-state index in [-0.39, 0.29) is 47.4 Å². The van der Waals surface area contributed by atoms with E-state index >= 15 is 4.39 Å². The Hall–Kier alpha value is -3.31. The summed E-state index contributed by atoms with van der Waals surface area (Å²) < 4.78 is 75.6. The van der Waals surface area contributed by atoms with Crippen LogP contribution in [0, 0.1) is 24.5 Å². The number of rotatable bonds is 7. The Morgan fingerprint density at radius 3 is 2.49 bits per heavy atom. The minimum atomic E-state index is -4.90. The van der Waals surface area contributed by atoms with E-state index in [0.717, 1.165) is 12.1 Å². The van der Waals surface area contributed by atoms with E-state index in [4.69, 9.17) is 16.3 Å². The van der Waals surface area contributed by atoms with Crippen molar-refractivity contribution >= 4 is 17.5 Å². The second kappa shape index (κ2) is 11.8. The van der Waals surface area contributed by atoms with Gasteiger partial charge in [-0.25, -0.2) is 13.8 Å². The molecule has 4 rings (SSSR count). The number of aromatic nitrogens is 2. The van der Waals surface area contributed by atoms with Crippen LogP contribution in [0.4, 0.5) is 22.0 Å². The number of aryl methyl sites for hydroxylation is 1. The second-order valence-electron chi connectivity index (χ2n) is 9.47. The van der Waals surface area contributed by atoms with Crippen LogP contribution in [0.25, 0.3) is 11.4 Å². The van der Waals surface area contributed by atoms with Crippen molar-refractivity contribution in [1.29, 1.82) is 0 Å². The number of alkyl halides is 3. The van der Waals surface area contributed by atoms with Crippen molar-refractivity contribution in [3.8, 4) is 11.4 Å². The lowest BCUT2D eigenvalue weighted by atomic mass is 9.86. The van der Waals surface area contributed by atoms with E-state index in [1.807, 2.05) is 0 Å². The number of aromatic amines is 1. The smallest absolute Gasteiger partial charge is 0.374 e. The lowest BCUT2D eigenvalue weighted by molar-refractivity contribution is -0.137. The average molecular weight is 570 g/mol. The molecule has 1 fully saturated rings. The summed E-state index contributed by atoms with van der Waals surface area (Å²) in [6.07, 6.45) is -2.89. The third kappa shape index (κ3) is 7.21. The Morgan fingerprint density at radius 2 is 1.85 bits per heavy atom. The van der Waals surface area contributed by atoms with Crippen molar-refractivity contribution in [2.75, 3.05) is 0 Å². The van der Waals surface area contributed by atoms with Crippen LogP contribution in [0.2, 0.25) is 5.02 Å². The topological polar surface area (TPSA) is 84.1 Å². The molecule has 1 heterocycles. The fourth-order valence-electron chi connectivity index (χ4n) is 4.65. The van der Waals surface area contributed by atoms with Gasteiger partial charge in [-0.2, -0.15) is 13.2 Å². The maximum Gasteiger partial charge on any atom is 0.417 e. The number of halogens is 6. The van der Waals surface area contributed by atoms with Crippen molar-refractivity contribution in [3.63, 3.8) is 0 Å². The Labute approximate surface area is 225 Å². The van der Waals surface area contributed by atoms with Gasteiger partial charge < -0.3 is 15.0 Å². The van der Waals surface area contributed by atoms with Crippen LogP contribution in [0.1, 0.15) is 48.1 Å². The molecule has 0 spiro atoms. The molecule has 0 aliphatic heterocycles. The second-order valence-corrected chi connectivity index (χ2v) is 9.91. The van der Waals surface area contributed by atoms with Crippen LogP contribution in [0.15, 0.2) is 41.2 Å². The number of benzene rings is 2. The van der Waals surface area contributed by atoms with Crippen LogP contribution < -0.4 is 10.9 Å². The van der Waals surface area contributed by atoms with Gasteiger partial charge in [0.15, 0.2) is 0 Å². The number of nitrogens with zero attached hydrogens (tertiary/aromatic N) is 1. The molecule has 0 bridgehead atoms. The Bertz CT molecular complexity index is 1400. The van der Waals surface area contributed by atoms with Gasteiger partial charge in [0.25, 0.3) is 5.56 Å². The van der Waals surface area contributed by atoms with Gasteiger partial charge >= 0.3 is 6.18 Å². The van der Waals surface area contributed by atoms with Crippen LogP contribution >= 0.6 is 11.6 Å². The predicted molar refractivity (Wildman–Crippen MR) is 134 cm³/mol. The molecule has 0 unspecified atom stereocenters. The largest absolute Gasteiger partial charge is 0.417 e. The van der Waals surface area contributed by atoms with Crippen molar-refractivity contribution in [1.82, 2.24) is 15.3 Å². The zero-order valence-electron chi connectivity index (χ0n) is 20.8. The van der Waals surface area contributed by atoms with E-state index in [1.165, 1.54) is 19.1 Å². The number of hydrogen-bond donors (Lipinski definition) is 2. The van der Waals surface area contributed by atoms with Gasteiger partial charge in [0.2, 0.25) is 5.91 Å². The summed E-state index contributed by atoms with van der Waals surface area (Å²) in [4.78, 5) is 30.6. The first kappa shape index (κ1) is 28.7. The van der Waals surface area contributed by atoms with Gasteiger partial charge in [0.1, 0.15) is 17.5 Å². The number of ether oxygens (including phenoxy) is 1. The zero-order valence-corrected chi connectivity index (χ0v) is 21.6. The summed E-state index contributed by atoms with van der Waals surface area (Å²) in [5.74, 6) is -2.96. The van der Waals surface area contributed by atoms with Gasteiger partial charge in [0.05, 0.1) is 23.8 Å². The average Bonchev–Trinajstić information content (AvgIpc) is 2.85. The Kier molecular flexibility index (Phi) is 8.70. The molecule has 2 N–H and O–H groups in total. The fraction of sp³-hybridized carbons (Fsp3) is 0.370. The fourth-order valence-corrected chi connectivity index (χ4v) is 4.89. The van der Waals surface area contributed by atoms with E-state index in [2.05, 4.69) is 15.3 Å². The molecular weight excluding hydrogens is 545 g/mol. The molecule has 1 saturated carbocycles. The van der Waals surface area contributed by atoms with Gasteiger partial charge in [-0.3, -0.25) is 9.59 Å². The lowest BCUT2D eigenvalue weighted by Gasteiger charge is -2.28. The molecule has 1 aliphatic rings. The molecule has 6 nitrogen and oxygen atoms in total. The molecule has 0 saturated heterocycles. The minimum absolute atomic E-state index is 0.124. The predicted octanol–water partition coefficient (Wildman–Crippen LogP) is 6.09. The van der Waals surface area contributed by atoms with Crippen molar-refractivity contribution in [3.05, 3.63) is 85.8 Å². The molecular formula is C27H25ClF5N3O3. The van der Waals surface area contributed by atoms with E-state index < -0.39 is 40.3 Å². The van der Waals surface area contributed by atoms with Gasteiger partial charge in [-0.15, -0.1) is 0 Å². The highest BCUT2D eigenvalue weighted by atomic mass is 35.5. The molecule has 1 amide bonds. The Balaban J connectivity index is 1.39. The first-order chi connectivity index (χ1) is 18.4. The first-order valence-electron chi connectivity index (χ1n) is 12.2. The van der Waals surface area contributed by atoms with Gasteiger partial charge in [0, 0.05) is 34.8 Å². The van der Waals surface area contributed by atoms with E-state index in [1.54, 1.807) is 6.07 Å². The van der Waals surface area contributed by atoms with Crippen molar-refractivity contribution in [2.45, 2.75) is 58.0 Å².